The maximum Gasteiger partial charge on any atom is 0.286 e. The molecule has 0 aliphatic rings. The second kappa shape index (κ2) is 8.38. The molecule has 0 spiro atoms. The van der Waals surface area contributed by atoms with Gasteiger partial charge in [0.15, 0.2) is 0 Å². The lowest BCUT2D eigenvalue weighted by molar-refractivity contribution is -0.121. The van der Waals surface area contributed by atoms with E-state index in [9.17, 15) is 23.2 Å². The van der Waals surface area contributed by atoms with Crippen molar-refractivity contribution < 1.29 is 23.2 Å². The summed E-state index contributed by atoms with van der Waals surface area (Å²) >= 11 is 3.17. The van der Waals surface area contributed by atoms with Crippen molar-refractivity contribution in [3.05, 3.63) is 57.8 Å². The van der Waals surface area contributed by atoms with E-state index in [0.717, 1.165) is 12.1 Å². The number of aromatic nitrogens is 1. The monoisotopic (exact) mass is 414 g/mol. The summed E-state index contributed by atoms with van der Waals surface area (Å²) in [5.74, 6) is -3.66. The van der Waals surface area contributed by atoms with E-state index in [1.54, 1.807) is 6.20 Å². The standard InChI is InChI=1S/C15H13BrF2N4O3/c16-8-5-12(20-7-8)15(25)22-21-13(23)3-4-19-14(24)10-2-1-9(17)6-11(10)18/h1-2,5-7,20H,3-4H2,(H,19,24)(H,21,23)(H,22,25). The Morgan fingerprint density at radius 2 is 1.84 bits per heavy atom. The number of hydrazine groups is 1. The zero-order chi connectivity index (χ0) is 18.4. The van der Waals surface area contributed by atoms with E-state index in [2.05, 4.69) is 37.1 Å². The summed E-state index contributed by atoms with van der Waals surface area (Å²) in [5.41, 5.74) is 4.28. The van der Waals surface area contributed by atoms with Crippen LogP contribution < -0.4 is 16.2 Å². The zero-order valence-corrected chi connectivity index (χ0v) is 14.2. The molecule has 1 aromatic carbocycles. The first-order chi connectivity index (χ1) is 11.9. The lowest BCUT2D eigenvalue weighted by Gasteiger charge is -2.08. The summed E-state index contributed by atoms with van der Waals surface area (Å²) < 4.78 is 26.9. The summed E-state index contributed by atoms with van der Waals surface area (Å²) in [6, 6.07) is 4.09. The smallest absolute Gasteiger partial charge is 0.286 e. The lowest BCUT2D eigenvalue weighted by Crippen LogP contribution is -2.43. The fraction of sp³-hybridized carbons (Fsp3) is 0.133. The average Bonchev–Trinajstić information content (AvgIpc) is 2.99. The van der Waals surface area contributed by atoms with Gasteiger partial charge in [-0.3, -0.25) is 25.2 Å². The van der Waals surface area contributed by atoms with Crippen molar-refractivity contribution in [3.63, 3.8) is 0 Å². The van der Waals surface area contributed by atoms with Crippen LogP contribution in [0.1, 0.15) is 27.3 Å². The Labute approximate surface area is 149 Å². The first-order valence-electron chi connectivity index (χ1n) is 7.03. The Hall–Kier alpha value is -2.75. The first-order valence-corrected chi connectivity index (χ1v) is 7.82. The molecule has 132 valence electrons. The molecule has 10 heteroatoms. The molecule has 0 unspecified atom stereocenters. The van der Waals surface area contributed by atoms with Gasteiger partial charge in [0.05, 0.1) is 5.56 Å². The molecule has 4 N–H and O–H groups in total. The largest absolute Gasteiger partial charge is 0.356 e. The SMILES string of the molecule is O=C(CCNC(=O)c1ccc(F)cc1F)NNC(=O)c1cc(Br)c[nH]1. The third-order valence-corrected chi connectivity index (χ3v) is 3.48. The molecule has 0 atom stereocenters. The van der Waals surface area contributed by atoms with E-state index in [1.165, 1.54) is 6.07 Å². The lowest BCUT2D eigenvalue weighted by atomic mass is 10.2. The minimum atomic E-state index is -0.994. The van der Waals surface area contributed by atoms with E-state index in [1.807, 2.05) is 0 Å². The average molecular weight is 415 g/mol. The van der Waals surface area contributed by atoms with Crippen LogP contribution in [0.15, 0.2) is 34.9 Å². The Morgan fingerprint density at radius 3 is 2.48 bits per heavy atom. The summed E-state index contributed by atoms with van der Waals surface area (Å²) in [6.07, 6.45) is 1.41. The minimum Gasteiger partial charge on any atom is -0.356 e. The molecule has 0 aliphatic heterocycles. The van der Waals surface area contributed by atoms with Crippen LogP contribution in [0.3, 0.4) is 0 Å². The molecule has 3 amide bonds. The van der Waals surface area contributed by atoms with E-state index in [0.29, 0.717) is 10.5 Å². The van der Waals surface area contributed by atoms with Gasteiger partial charge < -0.3 is 10.3 Å². The molecular weight excluding hydrogens is 402 g/mol. The van der Waals surface area contributed by atoms with Crippen molar-refractivity contribution in [1.29, 1.82) is 0 Å². The minimum absolute atomic E-state index is 0.0919. The van der Waals surface area contributed by atoms with Gasteiger partial charge >= 0.3 is 0 Å². The number of H-pyrrole nitrogens is 1. The van der Waals surface area contributed by atoms with Crippen molar-refractivity contribution in [2.45, 2.75) is 6.42 Å². The summed E-state index contributed by atoms with van der Waals surface area (Å²) in [5, 5.41) is 2.33. The van der Waals surface area contributed by atoms with Crippen molar-refractivity contribution in [3.8, 4) is 0 Å². The molecule has 2 aromatic rings. The van der Waals surface area contributed by atoms with E-state index in [4.69, 9.17) is 0 Å². The number of hydrogen-bond donors (Lipinski definition) is 4. The maximum absolute atomic E-state index is 13.4. The van der Waals surface area contributed by atoms with Gasteiger partial charge in [-0.2, -0.15) is 0 Å². The van der Waals surface area contributed by atoms with Gasteiger partial charge in [0.2, 0.25) is 5.91 Å². The Morgan fingerprint density at radius 1 is 1.08 bits per heavy atom. The molecule has 2 rings (SSSR count). The van der Waals surface area contributed by atoms with Crippen LogP contribution in [-0.2, 0) is 4.79 Å². The maximum atomic E-state index is 13.4. The van der Waals surface area contributed by atoms with Gasteiger partial charge in [0.25, 0.3) is 11.8 Å². The number of amides is 3. The summed E-state index contributed by atoms with van der Waals surface area (Å²) in [4.78, 5) is 37.7. The van der Waals surface area contributed by atoms with E-state index in [-0.39, 0.29) is 24.2 Å². The number of rotatable bonds is 5. The molecule has 25 heavy (non-hydrogen) atoms. The van der Waals surface area contributed by atoms with Crippen molar-refractivity contribution in [2.75, 3.05) is 6.54 Å². The number of hydrogen-bond acceptors (Lipinski definition) is 3. The van der Waals surface area contributed by atoms with Gasteiger partial charge in [0, 0.05) is 29.7 Å². The van der Waals surface area contributed by atoms with Crippen LogP contribution in [-0.4, -0.2) is 29.3 Å². The van der Waals surface area contributed by atoms with E-state index < -0.39 is 29.4 Å². The molecule has 0 fully saturated rings. The number of aromatic amines is 1. The highest BCUT2D eigenvalue weighted by Crippen LogP contribution is 2.10. The van der Waals surface area contributed by atoms with Crippen LogP contribution in [0.5, 0.6) is 0 Å². The molecule has 1 heterocycles. The third-order valence-electron chi connectivity index (χ3n) is 3.02. The molecule has 0 saturated carbocycles. The second-order valence-corrected chi connectivity index (χ2v) is 5.78. The van der Waals surface area contributed by atoms with Gasteiger partial charge in [-0.15, -0.1) is 0 Å². The molecule has 0 aliphatic carbocycles. The highest BCUT2D eigenvalue weighted by Gasteiger charge is 2.13. The Kier molecular flexibility index (Phi) is 6.23. The fourth-order valence-electron chi connectivity index (χ4n) is 1.81. The number of benzene rings is 1. The predicted molar refractivity (Wildman–Crippen MR) is 87.4 cm³/mol. The normalized spacial score (nSPS) is 10.2. The van der Waals surface area contributed by atoms with Gasteiger partial charge in [0.1, 0.15) is 17.3 Å². The van der Waals surface area contributed by atoms with Gasteiger partial charge in [-0.25, -0.2) is 8.78 Å². The van der Waals surface area contributed by atoms with Crippen molar-refractivity contribution in [2.24, 2.45) is 0 Å². The van der Waals surface area contributed by atoms with Crippen LogP contribution in [0.2, 0.25) is 0 Å². The Balaban J connectivity index is 1.73. The quantitative estimate of drug-likeness (QED) is 0.559. The first kappa shape index (κ1) is 18.6. The zero-order valence-electron chi connectivity index (χ0n) is 12.7. The topological polar surface area (TPSA) is 103 Å². The highest BCUT2D eigenvalue weighted by atomic mass is 79.9. The van der Waals surface area contributed by atoms with Gasteiger partial charge in [-0.05, 0) is 34.1 Å². The second-order valence-electron chi connectivity index (χ2n) is 4.86. The molecule has 0 saturated heterocycles. The molecule has 0 bridgehead atoms. The van der Waals surface area contributed by atoms with Crippen LogP contribution in [0.4, 0.5) is 8.78 Å². The summed E-state index contributed by atoms with van der Waals surface area (Å²) in [6.45, 7) is -0.0919. The molecule has 1 aromatic heterocycles. The van der Waals surface area contributed by atoms with Crippen LogP contribution in [0, 0.1) is 11.6 Å². The number of carbonyl (C=O) groups excluding carboxylic acids is 3. The number of nitrogens with one attached hydrogen (secondary N) is 4. The third kappa shape index (κ3) is 5.38. The van der Waals surface area contributed by atoms with E-state index >= 15 is 0 Å². The summed E-state index contributed by atoms with van der Waals surface area (Å²) in [7, 11) is 0. The molecular formula is C15H13BrF2N4O3. The fourth-order valence-corrected chi connectivity index (χ4v) is 2.16. The van der Waals surface area contributed by atoms with Crippen molar-refractivity contribution in [1.82, 2.24) is 21.2 Å². The van der Waals surface area contributed by atoms with Crippen LogP contribution in [0.25, 0.3) is 0 Å². The molecule has 0 radical (unpaired) electrons. The molecule has 7 nitrogen and oxygen atoms in total. The Bertz CT molecular complexity index is 810. The number of halogens is 3. The number of carbonyl (C=O) groups is 3. The predicted octanol–water partition coefficient (Wildman–Crippen LogP) is 1.64. The van der Waals surface area contributed by atoms with Crippen LogP contribution >= 0.6 is 15.9 Å². The van der Waals surface area contributed by atoms with Gasteiger partial charge in [-0.1, -0.05) is 0 Å². The van der Waals surface area contributed by atoms with Crippen molar-refractivity contribution >= 4 is 33.7 Å². The highest BCUT2D eigenvalue weighted by molar-refractivity contribution is 9.10.